The summed E-state index contributed by atoms with van der Waals surface area (Å²) in [6.45, 7) is 2.54. The van der Waals surface area contributed by atoms with Gasteiger partial charge in [0.2, 0.25) is 10.0 Å². The molecule has 94 valence electrons. The average molecular weight is 255 g/mol. The fourth-order valence-electron chi connectivity index (χ4n) is 2.34. The van der Waals surface area contributed by atoms with Crippen LogP contribution in [0.15, 0.2) is 29.2 Å². The molecule has 1 N–H and O–H groups in total. The van der Waals surface area contributed by atoms with Crippen molar-refractivity contribution in [1.29, 1.82) is 0 Å². The van der Waals surface area contributed by atoms with Crippen LogP contribution in [0.25, 0.3) is 0 Å². The predicted octanol–water partition coefficient (Wildman–Crippen LogP) is 1.96. The molecule has 0 saturated carbocycles. The van der Waals surface area contributed by atoms with Crippen LogP contribution >= 0.6 is 0 Å². The smallest absolute Gasteiger partial charge is 0.246 e. The Balaban J connectivity index is 2.40. The first-order chi connectivity index (χ1) is 8.07. The van der Waals surface area contributed by atoms with E-state index >= 15 is 0 Å². The molecule has 0 aliphatic carbocycles. The molecule has 0 spiro atoms. The van der Waals surface area contributed by atoms with Crippen molar-refractivity contribution in [2.45, 2.75) is 37.1 Å². The second-order valence-electron chi connectivity index (χ2n) is 4.29. The van der Waals surface area contributed by atoms with Crippen molar-refractivity contribution in [2.24, 2.45) is 0 Å². The second-order valence-corrected chi connectivity index (χ2v) is 6.15. The number of para-hydroxylation sites is 1. The Morgan fingerprint density at radius 2 is 2.12 bits per heavy atom. The van der Waals surface area contributed by atoms with Gasteiger partial charge in [-0.25, -0.2) is 8.42 Å². The highest BCUT2D eigenvalue weighted by atomic mass is 32.2. The van der Waals surface area contributed by atoms with Crippen LogP contribution in [0.5, 0.6) is 5.75 Å². The van der Waals surface area contributed by atoms with E-state index in [0.717, 1.165) is 19.3 Å². The molecular formula is C12H17NO3S. The number of aromatic hydroxyl groups is 1. The summed E-state index contributed by atoms with van der Waals surface area (Å²) >= 11 is 0. The standard InChI is InChI=1S/C12H17NO3S/c1-2-10-6-5-9-13(10)17(15,16)12-8-4-3-7-11(12)14/h3-4,7-8,10,14H,2,5-6,9H2,1H3. The first-order valence-electron chi connectivity index (χ1n) is 5.87. The number of hydrogen-bond donors (Lipinski definition) is 1. The molecule has 1 aliphatic rings. The Morgan fingerprint density at radius 3 is 2.76 bits per heavy atom. The van der Waals surface area contributed by atoms with Crippen molar-refractivity contribution in [3.8, 4) is 5.75 Å². The van der Waals surface area contributed by atoms with Gasteiger partial charge in [0, 0.05) is 12.6 Å². The van der Waals surface area contributed by atoms with Gasteiger partial charge in [-0.05, 0) is 31.4 Å². The van der Waals surface area contributed by atoms with Crippen molar-refractivity contribution >= 4 is 10.0 Å². The summed E-state index contributed by atoms with van der Waals surface area (Å²) in [6, 6.07) is 6.18. The van der Waals surface area contributed by atoms with E-state index in [1.54, 1.807) is 12.1 Å². The molecule has 2 rings (SSSR count). The first-order valence-corrected chi connectivity index (χ1v) is 7.31. The molecule has 1 heterocycles. The summed E-state index contributed by atoms with van der Waals surface area (Å²) in [5, 5.41) is 9.66. The maximum Gasteiger partial charge on any atom is 0.246 e. The quantitative estimate of drug-likeness (QED) is 0.898. The van der Waals surface area contributed by atoms with E-state index in [1.807, 2.05) is 6.92 Å². The molecule has 1 saturated heterocycles. The molecule has 1 aromatic rings. The van der Waals surface area contributed by atoms with Crippen LogP contribution < -0.4 is 0 Å². The lowest BCUT2D eigenvalue weighted by Gasteiger charge is -2.23. The normalized spacial score (nSPS) is 21.8. The minimum Gasteiger partial charge on any atom is -0.507 e. The van der Waals surface area contributed by atoms with E-state index < -0.39 is 10.0 Å². The molecule has 5 heteroatoms. The highest BCUT2D eigenvalue weighted by Gasteiger charge is 2.35. The average Bonchev–Trinajstić information content (AvgIpc) is 2.78. The largest absolute Gasteiger partial charge is 0.507 e. The number of hydrogen-bond acceptors (Lipinski definition) is 3. The molecule has 17 heavy (non-hydrogen) atoms. The van der Waals surface area contributed by atoms with Crippen LogP contribution in [0.2, 0.25) is 0 Å². The van der Waals surface area contributed by atoms with E-state index in [4.69, 9.17) is 0 Å². The number of benzene rings is 1. The highest BCUT2D eigenvalue weighted by Crippen LogP contribution is 2.31. The summed E-state index contributed by atoms with van der Waals surface area (Å²) in [7, 11) is -3.55. The Hall–Kier alpha value is -1.07. The van der Waals surface area contributed by atoms with Gasteiger partial charge in [-0.1, -0.05) is 19.1 Å². The Bertz CT molecular complexity index is 498. The SMILES string of the molecule is CCC1CCCN1S(=O)(=O)c1ccccc1O. The van der Waals surface area contributed by atoms with Crippen molar-refractivity contribution in [2.75, 3.05) is 6.54 Å². The van der Waals surface area contributed by atoms with Gasteiger partial charge in [0.15, 0.2) is 0 Å². The van der Waals surface area contributed by atoms with E-state index in [-0.39, 0.29) is 16.7 Å². The van der Waals surface area contributed by atoms with Crippen LogP contribution in [0.3, 0.4) is 0 Å². The number of phenols is 1. The van der Waals surface area contributed by atoms with Gasteiger partial charge in [0.25, 0.3) is 0 Å². The van der Waals surface area contributed by atoms with Crippen molar-refractivity contribution in [1.82, 2.24) is 4.31 Å². The molecule has 1 aromatic carbocycles. The number of nitrogens with zero attached hydrogens (tertiary/aromatic N) is 1. The lowest BCUT2D eigenvalue weighted by Crippen LogP contribution is -2.35. The van der Waals surface area contributed by atoms with E-state index in [2.05, 4.69) is 0 Å². The predicted molar refractivity (Wildman–Crippen MR) is 65.3 cm³/mol. The molecule has 1 aliphatic heterocycles. The molecule has 1 unspecified atom stereocenters. The molecule has 0 bridgehead atoms. The van der Waals surface area contributed by atoms with Gasteiger partial charge in [0.1, 0.15) is 10.6 Å². The third-order valence-electron chi connectivity index (χ3n) is 3.25. The third-order valence-corrected chi connectivity index (χ3v) is 5.25. The summed E-state index contributed by atoms with van der Waals surface area (Å²) in [6.07, 6.45) is 2.61. The number of phenolic OH excluding ortho intramolecular Hbond substituents is 1. The van der Waals surface area contributed by atoms with Crippen LogP contribution in [-0.2, 0) is 10.0 Å². The van der Waals surface area contributed by atoms with Crippen LogP contribution in [-0.4, -0.2) is 30.4 Å². The van der Waals surface area contributed by atoms with Gasteiger partial charge in [0.05, 0.1) is 0 Å². The molecule has 0 amide bonds. The third kappa shape index (κ3) is 2.17. The van der Waals surface area contributed by atoms with Crippen LogP contribution in [0.1, 0.15) is 26.2 Å². The maximum absolute atomic E-state index is 12.4. The minimum absolute atomic E-state index is 0.0142. The van der Waals surface area contributed by atoms with Crippen molar-refractivity contribution < 1.29 is 13.5 Å². The Labute approximate surface area is 102 Å². The van der Waals surface area contributed by atoms with Gasteiger partial charge < -0.3 is 5.11 Å². The minimum atomic E-state index is -3.55. The van der Waals surface area contributed by atoms with E-state index in [0.29, 0.717) is 6.54 Å². The Morgan fingerprint density at radius 1 is 1.41 bits per heavy atom. The summed E-state index contributed by atoms with van der Waals surface area (Å²) < 4.78 is 26.3. The van der Waals surface area contributed by atoms with Gasteiger partial charge in [-0.3, -0.25) is 0 Å². The lowest BCUT2D eigenvalue weighted by molar-refractivity contribution is 0.375. The molecule has 1 atom stereocenters. The van der Waals surface area contributed by atoms with Crippen LogP contribution in [0, 0.1) is 0 Å². The molecule has 0 aromatic heterocycles. The first kappa shape index (κ1) is 12.4. The monoisotopic (exact) mass is 255 g/mol. The fourth-order valence-corrected chi connectivity index (χ4v) is 4.19. The number of sulfonamides is 1. The highest BCUT2D eigenvalue weighted by molar-refractivity contribution is 7.89. The topological polar surface area (TPSA) is 57.6 Å². The molecule has 4 nitrogen and oxygen atoms in total. The summed E-state index contributed by atoms with van der Waals surface area (Å²) in [4.78, 5) is 0.0142. The second kappa shape index (κ2) is 4.66. The maximum atomic E-state index is 12.4. The fraction of sp³-hybridized carbons (Fsp3) is 0.500. The van der Waals surface area contributed by atoms with Crippen molar-refractivity contribution in [3.63, 3.8) is 0 Å². The van der Waals surface area contributed by atoms with Crippen LogP contribution in [0.4, 0.5) is 0 Å². The van der Waals surface area contributed by atoms with E-state index in [1.165, 1.54) is 16.4 Å². The zero-order valence-corrected chi connectivity index (χ0v) is 10.7. The summed E-state index contributed by atoms with van der Waals surface area (Å²) in [5.41, 5.74) is 0. The van der Waals surface area contributed by atoms with Crippen molar-refractivity contribution in [3.05, 3.63) is 24.3 Å². The lowest BCUT2D eigenvalue weighted by atomic mass is 10.2. The molecule has 0 radical (unpaired) electrons. The van der Waals surface area contributed by atoms with E-state index in [9.17, 15) is 13.5 Å². The molecule has 1 fully saturated rings. The van der Waals surface area contributed by atoms with Gasteiger partial charge in [-0.15, -0.1) is 0 Å². The zero-order valence-electron chi connectivity index (χ0n) is 9.83. The summed E-state index contributed by atoms with van der Waals surface area (Å²) in [5.74, 6) is -0.172. The number of rotatable bonds is 3. The zero-order chi connectivity index (χ0) is 12.5. The molecular weight excluding hydrogens is 238 g/mol. The Kier molecular flexibility index (Phi) is 3.40. The van der Waals surface area contributed by atoms with Gasteiger partial charge in [-0.2, -0.15) is 4.31 Å². The van der Waals surface area contributed by atoms with Gasteiger partial charge >= 0.3 is 0 Å².